The fraction of sp³-hybridized carbons (Fsp3) is 0.418. The first-order valence-corrected chi connectivity index (χ1v) is 30.2. The van der Waals surface area contributed by atoms with Crippen molar-refractivity contribution in [1.29, 1.82) is 0 Å². The molecular weight excluding hydrogens is 1090 g/mol. The van der Waals surface area contributed by atoms with Crippen molar-refractivity contribution >= 4 is 34.1 Å². The molecule has 0 amide bonds. The topological polar surface area (TPSA) is 76.3 Å². The van der Waals surface area contributed by atoms with Gasteiger partial charge in [-0.3, -0.25) is 0 Å². The Morgan fingerprint density at radius 2 is 0.562 bits per heavy atom. The average Bonchev–Trinajstić information content (AvgIpc) is 1.65. The third-order valence-electron chi connectivity index (χ3n) is 17.3. The first kappa shape index (κ1) is 58.7. The molecule has 2 saturated carbocycles. The molecule has 5 N–H and O–H groups in total. The number of anilines is 5. The summed E-state index contributed by atoms with van der Waals surface area (Å²) in [7, 11) is 0. The van der Waals surface area contributed by atoms with E-state index in [0.717, 1.165) is 144 Å². The third kappa shape index (κ3) is 17.5. The Morgan fingerprint density at radius 3 is 0.865 bits per heavy atom. The second-order valence-corrected chi connectivity index (χ2v) is 22.9. The van der Waals surface area contributed by atoms with Gasteiger partial charge in [-0.15, -0.1) is 0 Å². The molecule has 10 nitrogen and oxygen atoms in total. The standard InChI is InChI=1S/C17H24N2.C17H18N2.C16H22N2.2C12H16N2.5CH4/c2*1-13-8-6-7-11-16(13)19-12-18-17(14(19)2)15-9-4-3-5-10-15;1-12-7-3-6-10-15(12)18-11-17-16(13(18)2)14-8-4-5-9-14;2*1-9-6-4-5-7-12(9)14-8-13-10(2)11(14)3;;;;;/h6-8,11,15,18H,3-5,9-10,12H2,1-2H3;3-11,18H,12H2,1-2H3;3,6-7,10,14,17H,4-5,8-9,11H2,1-2H3;2*4-7,13H,8H2,1-3H3;5*1H4/i2*12D;11D;2*8D;;;;;/hD5. The third-order valence-corrected chi connectivity index (χ3v) is 17.3. The van der Waals surface area contributed by atoms with Gasteiger partial charge in [0.2, 0.25) is 0 Å². The van der Waals surface area contributed by atoms with Gasteiger partial charge in [0.25, 0.3) is 0 Å². The van der Waals surface area contributed by atoms with Gasteiger partial charge in [-0.1, -0.05) is 191 Å². The van der Waals surface area contributed by atoms with Gasteiger partial charge in [0.15, 0.2) is 7.06 Å². The van der Waals surface area contributed by atoms with Crippen LogP contribution in [0.3, 0.4) is 0 Å². The molecule has 0 saturated heterocycles. The largest absolute Gasteiger partial charge is 0.370 e. The summed E-state index contributed by atoms with van der Waals surface area (Å²) in [5, 5.41) is 6.59. The SMILES string of the molecule is C.C.C.C.C.[2H]C1N([2H])C(C)=C(C)N1c1ccccc1C.[2H]C1N([2H])C(C)=C(C)N1c1ccccc1C.[2H]C1N([2H])C(C2CCCC2)=C(C)N1c1ccccc1C.[2H]C1N([2H])C(C2CCCCC2)=C(C)N1c1ccccc1C.[2H]C1N([2H])C(c2ccccc2)=C(C)N1c1ccccc1C. The summed E-state index contributed by atoms with van der Waals surface area (Å²) in [5.74, 6) is 0.924. The molecule has 0 spiro atoms. The van der Waals surface area contributed by atoms with Crippen molar-refractivity contribution < 1.29 is 13.9 Å². The van der Waals surface area contributed by atoms with Gasteiger partial charge < -0.3 is 51.0 Å². The van der Waals surface area contributed by atoms with E-state index in [1.807, 2.05) is 213 Å². The summed E-state index contributed by atoms with van der Waals surface area (Å²) in [5.41, 5.74) is 21.4. The van der Waals surface area contributed by atoms with Crippen LogP contribution in [0.2, 0.25) is 7.06 Å². The van der Waals surface area contributed by atoms with Crippen molar-refractivity contribution in [2.45, 2.75) is 178 Å². The normalized spacial score (nSPS) is 23.1. The van der Waals surface area contributed by atoms with Crippen molar-refractivity contribution in [3.05, 3.63) is 236 Å². The molecule has 5 aliphatic heterocycles. The molecule has 10 heteroatoms. The van der Waals surface area contributed by atoms with E-state index in [9.17, 15) is 0 Å². The van der Waals surface area contributed by atoms with Gasteiger partial charge in [0.1, 0.15) is 0 Å². The fourth-order valence-corrected chi connectivity index (χ4v) is 11.9. The molecule has 13 rings (SSSR count). The number of hydrogen-bond acceptors (Lipinski definition) is 10. The van der Waals surface area contributed by atoms with Crippen LogP contribution in [0.4, 0.5) is 28.4 Å². The minimum Gasteiger partial charge on any atom is -0.370 e. The molecule has 5 unspecified atom stereocenters. The summed E-state index contributed by atoms with van der Waals surface area (Å²) in [6, 6.07) is 50.0. The molecule has 2 fully saturated rings. The lowest BCUT2D eigenvalue weighted by atomic mass is 9.86. The number of allylic oxidation sites excluding steroid dienone is 9. The summed E-state index contributed by atoms with van der Waals surface area (Å²) in [4.78, 5) is 9.68. The predicted molar refractivity (Wildman–Crippen MR) is 392 cm³/mol. The smallest absolute Gasteiger partial charge is 0.162 e. The van der Waals surface area contributed by atoms with E-state index >= 15 is 0 Å². The van der Waals surface area contributed by atoms with Crippen LogP contribution < -0.4 is 51.0 Å². The first-order valence-electron chi connectivity index (χ1n) is 35.3. The number of para-hydroxylation sites is 5. The monoisotopic (exact) mass is 1220 g/mol. The Labute approximate surface area is 556 Å². The lowest BCUT2D eigenvalue weighted by Gasteiger charge is -2.24. The second-order valence-electron chi connectivity index (χ2n) is 22.9. The van der Waals surface area contributed by atoms with Crippen LogP contribution in [0.5, 0.6) is 0 Å². The lowest BCUT2D eigenvalue weighted by molar-refractivity contribution is 0.390. The predicted octanol–water partition coefficient (Wildman–Crippen LogP) is 20.1. The van der Waals surface area contributed by atoms with Gasteiger partial charge in [0, 0.05) is 91.5 Å². The van der Waals surface area contributed by atoms with E-state index in [1.54, 1.807) is 0 Å². The van der Waals surface area contributed by atoms with E-state index in [1.165, 1.54) is 58.7 Å². The van der Waals surface area contributed by atoms with Gasteiger partial charge in [-0.25, -0.2) is 0 Å². The van der Waals surface area contributed by atoms with Crippen molar-refractivity contribution in [3.8, 4) is 0 Å². The highest BCUT2D eigenvalue weighted by Crippen LogP contribution is 2.38. The van der Waals surface area contributed by atoms with Crippen molar-refractivity contribution in [1.82, 2.24) is 26.5 Å². The fourth-order valence-electron chi connectivity index (χ4n) is 11.9. The Hall–Kier alpha value is -7.98. The van der Waals surface area contributed by atoms with Crippen LogP contribution in [0.15, 0.2) is 203 Å². The van der Waals surface area contributed by atoms with E-state index in [-0.39, 0.29) is 37.1 Å². The highest BCUT2D eigenvalue weighted by molar-refractivity contribution is 5.76. The zero-order valence-electron chi connectivity index (χ0n) is 61.8. The Morgan fingerprint density at radius 1 is 0.303 bits per heavy atom. The molecule has 482 valence electrons. The zero-order valence-corrected chi connectivity index (χ0v) is 51.8. The quantitative estimate of drug-likeness (QED) is 0.102. The molecule has 7 aliphatic rings. The van der Waals surface area contributed by atoms with Gasteiger partial charge >= 0.3 is 0 Å². The molecule has 0 radical (unpaired) electrons. The van der Waals surface area contributed by atoms with Crippen LogP contribution in [0.25, 0.3) is 5.70 Å². The highest BCUT2D eigenvalue weighted by Gasteiger charge is 2.30. The van der Waals surface area contributed by atoms with Crippen LogP contribution in [-0.2, 0) is 0 Å². The Bertz CT molecular complexity index is 3690. The van der Waals surface area contributed by atoms with Crippen LogP contribution in [-0.4, -0.2) is 33.2 Å². The van der Waals surface area contributed by atoms with Crippen molar-refractivity contribution in [3.63, 3.8) is 0 Å². The lowest BCUT2D eigenvalue weighted by Crippen LogP contribution is -2.24. The van der Waals surface area contributed by atoms with Gasteiger partial charge in [0.05, 0.1) is 45.8 Å². The number of aryl methyl sites for hydroxylation is 5. The number of benzene rings is 6. The molecule has 0 aromatic heterocycles. The zero-order chi connectivity index (χ0) is 68.0. The average molecular weight is 1220 g/mol. The Kier molecular flexibility index (Phi) is 22.9. The van der Waals surface area contributed by atoms with E-state index < -0.39 is 33.2 Å². The van der Waals surface area contributed by atoms with Gasteiger partial charge in [-0.05, 0) is 172 Å². The molecule has 0 bridgehead atoms. The van der Waals surface area contributed by atoms with E-state index in [0.29, 0.717) is 11.8 Å². The summed E-state index contributed by atoms with van der Waals surface area (Å²) in [6.45, 7) is 20.6. The molecule has 89 heavy (non-hydrogen) atoms. The molecule has 6 aromatic carbocycles. The number of hydrogen-bond donors (Lipinski definition) is 5. The van der Waals surface area contributed by atoms with E-state index in [4.69, 9.17) is 13.9 Å². The van der Waals surface area contributed by atoms with Crippen molar-refractivity contribution in [2.24, 2.45) is 11.8 Å². The highest BCUT2D eigenvalue weighted by atomic mass is 15.3. The van der Waals surface area contributed by atoms with E-state index in [2.05, 4.69) is 45.9 Å². The maximum absolute atomic E-state index is 8.43. The molecule has 6 aromatic rings. The minimum absolute atomic E-state index is 0. The maximum Gasteiger partial charge on any atom is 0.162 e. The molecule has 5 heterocycles. The van der Waals surface area contributed by atoms with Gasteiger partial charge in [-0.2, -0.15) is 0 Å². The summed E-state index contributed by atoms with van der Waals surface area (Å²) < 4.78 is 81.6. The van der Waals surface area contributed by atoms with Crippen LogP contribution >= 0.6 is 0 Å². The van der Waals surface area contributed by atoms with Crippen LogP contribution in [0.1, 0.15) is 184 Å². The number of nitrogens with zero attached hydrogens (tertiary/aromatic N) is 5. The number of nitrogens with one attached hydrogen (secondary N) is 5. The second kappa shape index (κ2) is 34.7. The number of rotatable bonds is 8. The minimum atomic E-state index is -0.763. The van der Waals surface area contributed by atoms with Crippen molar-refractivity contribution in [2.75, 3.05) is 57.7 Å². The molecule has 5 atom stereocenters. The maximum atomic E-state index is 8.43. The first-order chi connectivity index (χ1) is 44.9. The van der Waals surface area contributed by atoms with Crippen LogP contribution in [0, 0.1) is 46.5 Å². The summed E-state index contributed by atoms with van der Waals surface area (Å²) in [6.07, 6.45) is 11.0. The Balaban J connectivity index is 0.000000261. The molecule has 2 aliphatic carbocycles. The summed E-state index contributed by atoms with van der Waals surface area (Å²) >= 11 is 0. The molecular formula is C79H116N10.